The summed E-state index contributed by atoms with van der Waals surface area (Å²) < 4.78 is 42.0. The lowest BCUT2D eigenvalue weighted by atomic mass is 9.94. The van der Waals surface area contributed by atoms with Gasteiger partial charge in [-0.25, -0.2) is 9.59 Å². The zero-order chi connectivity index (χ0) is 42.0. The number of rotatable bonds is 14. The van der Waals surface area contributed by atoms with Gasteiger partial charge < -0.3 is 43.0 Å². The number of ether oxygens (including phenoxy) is 7. The molecule has 0 bridgehead atoms. The molecule has 0 saturated carbocycles. The smallest absolute Gasteiger partial charge is 0.408 e. The molecule has 2 heterocycles. The first kappa shape index (κ1) is 42.9. The molecular formula is C43H48N2O13. The van der Waals surface area contributed by atoms with Gasteiger partial charge >= 0.3 is 35.9 Å². The summed E-state index contributed by atoms with van der Waals surface area (Å²) in [6.07, 6.45) is -6.01. The molecule has 0 aliphatic carbocycles. The number of esters is 5. The summed E-state index contributed by atoms with van der Waals surface area (Å²) in [6, 6.07) is 24.0. The number of hydrogen-bond donors (Lipinski definition) is 1. The fourth-order valence-electron chi connectivity index (χ4n) is 6.34. The number of amides is 1. The minimum absolute atomic E-state index is 0.0438. The lowest BCUT2D eigenvalue weighted by Gasteiger charge is -2.45. The Morgan fingerprint density at radius 1 is 0.690 bits per heavy atom. The second-order valence-electron chi connectivity index (χ2n) is 14.8. The Morgan fingerprint density at radius 3 is 1.84 bits per heavy atom. The van der Waals surface area contributed by atoms with Crippen molar-refractivity contribution in [3.8, 4) is 0 Å². The second kappa shape index (κ2) is 19.3. The van der Waals surface area contributed by atoms with E-state index < -0.39 is 84.6 Å². The molecule has 1 saturated heterocycles. The number of alkyl carbamates (subject to hydrolysis) is 1. The van der Waals surface area contributed by atoms with Gasteiger partial charge in [0.05, 0.1) is 10.9 Å². The molecule has 1 aromatic heterocycles. The molecule has 1 fully saturated rings. The van der Waals surface area contributed by atoms with Crippen LogP contribution < -0.4 is 5.32 Å². The lowest BCUT2D eigenvalue weighted by molar-refractivity contribution is -0.270. The summed E-state index contributed by atoms with van der Waals surface area (Å²) in [5.74, 6) is -3.60. The first-order valence-electron chi connectivity index (χ1n) is 18.7. The molecule has 1 aliphatic heterocycles. The van der Waals surface area contributed by atoms with Crippen LogP contribution in [0.2, 0.25) is 0 Å². The molecule has 15 heteroatoms. The van der Waals surface area contributed by atoms with Crippen LogP contribution in [-0.2, 0) is 76.8 Å². The van der Waals surface area contributed by atoms with E-state index in [-0.39, 0.29) is 19.6 Å². The van der Waals surface area contributed by atoms with Gasteiger partial charge in [0.25, 0.3) is 0 Å². The van der Waals surface area contributed by atoms with E-state index in [9.17, 15) is 28.8 Å². The van der Waals surface area contributed by atoms with Crippen molar-refractivity contribution in [1.29, 1.82) is 0 Å². The highest BCUT2D eigenvalue weighted by Gasteiger charge is 2.54. The highest BCUT2D eigenvalue weighted by molar-refractivity contribution is 5.87. The molecule has 1 N–H and O–H groups in total. The molecular weight excluding hydrogens is 752 g/mol. The van der Waals surface area contributed by atoms with E-state index in [0.717, 1.165) is 25.0 Å². The first-order chi connectivity index (χ1) is 27.6. The fourth-order valence-corrected chi connectivity index (χ4v) is 6.34. The largest absolute Gasteiger partial charge is 0.463 e. The average molecular weight is 801 g/mol. The fraction of sp³-hybridized carbons (Fsp3) is 0.395. The molecule has 308 valence electrons. The van der Waals surface area contributed by atoms with Crippen molar-refractivity contribution < 1.29 is 61.9 Å². The molecule has 0 spiro atoms. The van der Waals surface area contributed by atoms with Gasteiger partial charge in [0.2, 0.25) is 0 Å². The summed E-state index contributed by atoms with van der Waals surface area (Å²) >= 11 is 0. The third-order valence-electron chi connectivity index (χ3n) is 9.05. The van der Waals surface area contributed by atoms with E-state index in [4.69, 9.17) is 33.2 Å². The van der Waals surface area contributed by atoms with Crippen LogP contribution in [0.25, 0.3) is 10.9 Å². The van der Waals surface area contributed by atoms with E-state index in [1.165, 1.54) is 6.92 Å². The summed E-state index contributed by atoms with van der Waals surface area (Å²) in [5.41, 5.74) is 1.51. The number of para-hydroxylation sites is 1. The number of hydrogen-bond acceptors (Lipinski definition) is 13. The van der Waals surface area contributed by atoms with Crippen LogP contribution in [0.3, 0.4) is 0 Å². The third kappa shape index (κ3) is 11.4. The van der Waals surface area contributed by atoms with Gasteiger partial charge in [-0.1, -0.05) is 78.9 Å². The highest BCUT2D eigenvalue weighted by atomic mass is 16.7. The quantitative estimate of drug-likeness (QED) is 0.125. The number of nitrogens with one attached hydrogen (secondary N) is 1. The van der Waals surface area contributed by atoms with E-state index in [1.54, 1.807) is 80.1 Å². The predicted molar refractivity (Wildman–Crippen MR) is 206 cm³/mol. The van der Waals surface area contributed by atoms with E-state index >= 15 is 0 Å². The number of aromatic nitrogens is 1. The summed E-state index contributed by atoms with van der Waals surface area (Å²) in [7, 11) is 0. The average Bonchev–Trinajstić information content (AvgIpc) is 3.54. The molecule has 1 aliphatic rings. The van der Waals surface area contributed by atoms with E-state index in [0.29, 0.717) is 16.5 Å². The maximum atomic E-state index is 13.8. The van der Waals surface area contributed by atoms with Gasteiger partial charge in [0.1, 0.15) is 32.0 Å². The number of carbonyl (C=O) groups is 6. The Morgan fingerprint density at radius 2 is 1.26 bits per heavy atom. The van der Waals surface area contributed by atoms with Crippen LogP contribution in [0.1, 0.15) is 64.5 Å². The van der Waals surface area contributed by atoms with Crippen molar-refractivity contribution in [1.82, 2.24) is 9.88 Å². The Bertz CT molecular complexity index is 2080. The first-order valence-corrected chi connectivity index (χ1v) is 18.7. The maximum Gasteiger partial charge on any atom is 0.408 e. The van der Waals surface area contributed by atoms with Crippen molar-refractivity contribution in [2.75, 3.05) is 6.61 Å². The van der Waals surface area contributed by atoms with Gasteiger partial charge in [-0.05, 0) is 43.5 Å². The molecule has 0 radical (unpaired) electrons. The van der Waals surface area contributed by atoms with Gasteiger partial charge in [-0.15, -0.1) is 0 Å². The molecule has 58 heavy (non-hydrogen) atoms. The van der Waals surface area contributed by atoms with Crippen molar-refractivity contribution in [2.24, 2.45) is 5.41 Å². The summed E-state index contributed by atoms with van der Waals surface area (Å²) in [6.45, 7) is 7.89. The zero-order valence-electron chi connectivity index (χ0n) is 33.2. The highest BCUT2D eigenvalue weighted by Crippen LogP contribution is 2.39. The SMILES string of the molecule is CC(=O)OC[C@H]1O[C@@H](n2cc(C[C@H](NC(=O)OCc3ccccc3)C(=O)OCc3ccccc3)c3ccccc32)[C@H](OC(=O)C(C)(C)C)[C@@H](OC(C)=O)[C@@H]1OC(C)=O. The van der Waals surface area contributed by atoms with Gasteiger partial charge in [-0.3, -0.25) is 19.2 Å². The summed E-state index contributed by atoms with van der Waals surface area (Å²) in [5, 5.41) is 3.28. The predicted octanol–water partition coefficient (Wildman–Crippen LogP) is 5.50. The Hall–Kier alpha value is -6.22. The maximum absolute atomic E-state index is 13.8. The van der Waals surface area contributed by atoms with Crippen LogP contribution in [-0.4, -0.2) is 77.6 Å². The van der Waals surface area contributed by atoms with Crippen LogP contribution in [0, 0.1) is 5.41 Å². The normalized spacial score (nSPS) is 19.6. The van der Waals surface area contributed by atoms with Crippen LogP contribution in [0.5, 0.6) is 0 Å². The minimum atomic E-state index is -1.43. The van der Waals surface area contributed by atoms with Crippen molar-refractivity contribution in [3.05, 3.63) is 108 Å². The Balaban J connectivity index is 1.56. The lowest BCUT2D eigenvalue weighted by Crippen LogP contribution is -2.61. The third-order valence-corrected chi connectivity index (χ3v) is 9.05. The molecule has 3 aromatic carbocycles. The monoisotopic (exact) mass is 800 g/mol. The topological polar surface area (TPSA) is 184 Å². The molecule has 0 unspecified atom stereocenters. The van der Waals surface area contributed by atoms with Crippen LogP contribution >= 0.6 is 0 Å². The number of carbonyl (C=O) groups excluding carboxylic acids is 6. The molecule has 6 atom stereocenters. The number of nitrogens with zero attached hydrogens (tertiary/aromatic N) is 1. The van der Waals surface area contributed by atoms with Gasteiger partial charge in [0.15, 0.2) is 24.5 Å². The second-order valence-corrected chi connectivity index (χ2v) is 14.8. The molecule has 4 aromatic rings. The summed E-state index contributed by atoms with van der Waals surface area (Å²) in [4.78, 5) is 77.5. The Kier molecular flexibility index (Phi) is 14.3. The molecule has 1 amide bonds. The standard InChI is InChI=1S/C43H48N2O13/c1-26(46)52-25-35-36(55-27(2)47)37(56-28(3)48)38(58-41(50)43(4,5)6)39(57-35)45-22-31(32-19-13-14-20-34(32)45)21-33(40(49)53-23-29-15-9-7-10-16-29)44-42(51)54-24-30-17-11-8-12-18-30/h7-20,22,33,35-39H,21,23-25H2,1-6H3,(H,44,51)/t33-,35+,36+,37-,38+,39+/m0/s1. The van der Waals surface area contributed by atoms with Gasteiger partial charge in [0, 0.05) is 38.8 Å². The van der Waals surface area contributed by atoms with Crippen LogP contribution in [0.15, 0.2) is 91.1 Å². The van der Waals surface area contributed by atoms with Crippen LogP contribution in [0.4, 0.5) is 4.79 Å². The van der Waals surface area contributed by atoms with E-state index in [2.05, 4.69) is 5.32 Å². The van der Waals surface area contributed by atoms with Crippen molar-refractivity contribution >= 4 is 46.8 Å². The molecule has 5 rings (SSSR count). The minimum Gasteiger partial charge on any atom is -0.463 e. The molecule has 15 nitrogen and oxygen atoms in total. The van der Waals surface area contributed by atoms with Crippen molar-refractivity contribution in [2.45, 2.75) is 97.9 Å². The number of fused-ring (bicyclic) bond motifs is 1. The van der Waals surface area contributed by atoms with Gasteiger partial charge in [-0.2, -0.15) is 0 Å². The Labute approximate surface area is 335 Å². The van der Waals surface area contributed by atoms with E-state index in [1.807, 2.05) is 36.4 Å². The zero-order valence-corrected chi connectivity index (χ0v) is 33.2. The number of benzene rings is 3. The van der Waals surface area contributed by atoms with Crippen molar-refractivity contribution in [3.63, 3.8) is 0 Å².